The van der Waals surface area contributed by atoms with Crippen molar-refractivity contribution in [3.63, 3.8) is 0 Å². The van der Waals surface area contributed by atoms with Crippen molar-refractivity contribution < 1.29 is 4.79 Å². The average molecular weight is 354 g/mol. The number of hydrogen-bond donors (Lipinski definition) is 0. The van der Waals surface area contributed by atoms with E-state index in [0.717, 1.165) is 26.0 Å². The van der Waals surface area contributed by atoms with E-state index < -0.39 is 0 Å². The van der Waals surface area contributed by atoms with E-state index in [1.165, 1.54) is 11.3 Å². The number of carbonyl (C=O) groups is 1. The van der Waals surface area contributed by atoms with Crippen LogP contribution in [0.25, 0.3) is 0 Å². The Morgan fingerprint density at radius 1 is 1.47 bits per heavy atom. The van der Waals surface area contributed by atoms with Gasteiger partial charge in [-0.05, 0) is 50.3 Å². The molecule has 0 aliphatic heterocycles. The topological polar surface area (TPSA) is 17.1 Å². The molecule has 0 fully saturated rings. The highest BCUT2D eigenvalue weighted by Gasteiger charge is 2.11. The highest BCUT2D eigenvalue weighted by atomic mass is 79.9. The molecule has 0 unspecified atom stereocenters. The molecular weight excluding hydrogens is 340 g/mol. The third kappa shape index (κ3) is 4.37. The number of ketones is 1. The largest absolute Gasteiger partial charge is 0.293 e. The van der Waals surface area contributed by atoms with E-state index in [2.05, 4.69) is 45.7 Å². The van der Waals surface area contributed by atoms with Crippen molar-refractivity contribution in [2.24, 2.45) is 5.92 Å². The lowest BCUT2D eigenvalue weighted by atomic mass is 10.0. The fourth-order valence-electron chi connectivity index (χ4n) is 1.28. The summed E-state index contributed by atoms with van der Waals surface area (Å²) in [5.74, 6) is 0.937. The van der Waals surface area contributed by atoms with Gasteiger partial charge in [-0.15, -0.1) is 11.3 Å². The zero-order valence-corrected chi connectivity index (χ0v) is 12.8. The SMILES string of the molecule is CC(C)CCCC(=O)c1cc(Br)c(Br)s1. The van der Waals surface area contributed by atoms with Crippen molar-refractivity contribution in [1.29, 1.82) is 0 Å². The number of carbonyl (C=O) groups excluding carboxylic acids is 1. The predicted molar refractivity (Wildman–Crippen MR) is 72.7 cm³/mol. The quantitative estimate of drug-likeness (QED) is 0.658. The normalized spacial score (nSPS) is 11.0. The minimum absolute atomic E-state index is 0.257. The second-order valence-corrected chi connectivity index (χ2v) is 7.17. The minimum Gasteiger partial charge on any atom is -0.293 e. The Bertz CT molecular complexity index is 325. The van der Waals surface area contributed by atoms with Crippen LogP contribution in [-0.4, -0.2) is 5.78 Å². The van der Waals surface area contributed by atoms with E-state index in [-0.39, 0.29) is 5.78 Å². The first-order valence-corrected chi connectivity index (χ1v) is 7.39. The molecule has 84 valence electrons. The van der Waals surface area contributed by atoms with Crippen LogP contribution in [0.5, 0.6) is 0 Å². The lowest BCUT2D eigenvalue weighted by Gasteiger charge is -2.02. The maximum Gasteiger partial charge on any atom is 0.172 e. The molecule has 0 amide bonds. The number of thiophene rings is 1. The second kappa shape index (κ2) is 6.16. The first-order valence-electron chi connectivity index (χ1n) is 4.98. The highest BCUT2D eigenvalue weighted by Crippen LogP contribution is 2.33. The van der Waals surface area contributed by atoms with Gasteiger partial charge in [0.25, 0.3) is 0 Å². The Morgan fingerprint density at radius 2 is 2.13 bits per heavy atom. The van der Waals surface area contributed by atoms with E-state index in [0.29, 0.717) is 12.3 Å². The Balaban J connectivity index is 2.47. The molecule has 15 heavy (non-hydrogen) atoms. The summed E-state index contributed by atoms with van der Waals surface area (Å²) in [4.78, 5) is 12.6. The van der Waals surface area contributed by atoms with Crippen LogP contribution in [0, 0.1) is 5.92 Å². The molecule has 0 saturated heterocycles. The van der Waals surface area contributed by atoms with Crippen LogP contribution in [0.4, 0.5) is 0 Å². The zero-order chi connectivity index (χ0) is 11.4. The summed E-state index contributed by atoms with van der Waals surface area (Å²) < 4.78 is 1.97. The molecule has 1 aromatic rings. The molecule has 0 aromatic carbocycles. The lowest BCUT2D eigenvalue weighted by molar-refractivity contribution is 0.0982. The monoisotopic (exact) mass is 352 g/mol. The van der Waals surface area contributed by atoms with E-state index in [1.807, 2.05) is 6.07 Å². The Kier molecular flexibility index (Phi) is 5.50. The van der Waals surface area contributed by atoms with Crippen LogP contribution in [0.3, 0.4) is 0 Å². The molecule has 0 radical (unpaired) electrons. The van der Waals surface area contributed by atoms with Crippen LogP contribution < -0.4 is 0 Å². The minimum atomic E-state index is 0.257. The fraction of sp³-hybridized carbons (Fsp3) is 0.545. The molecule has 0 aliphatic carbocycles. The van der Waals surface area contributed by atoms with Crippen LogP contribution in [0.15, 0.2) is 14.3 Å². The molecule has 4 heteroatoms. The molecule has 1 nitrogen and oxygen atoms in total. The number of halogens is 2. The third-order valence-electron chi connectivity index (χ3n) is 2.11. The van der Waals surface area contributed by atoms with Gasteiger partial charge in [-0.3, -0.25) is 4.79 Å². The van der Waals surface area contributed by atoms with Crippen molar-refractivity contribution in [3.05, 3.63) is 19.2 Å². The Morgan fingerprint density at radius 3 is 2.60 bits per heavy atom. The number of hydrogen-bond acceptors (Lipinski definition) is 2. The molecular formula is C11H14Br2OS. The van der Waals surface area contributed by atoms with Crippen molar-refractivity contribution in [1.82, 2.24) is 0 Å². The van der Waals surface area contributed by atoms with E-state index in [4.69, 9.17) is 0 Å². The van der Waals surface area contributed by atoms with E-state index in [1.54, 1.807) is 0 Å². The first kappa shape index (κ1) is 13.4. The van der Waals surface area contributed by atoms with Crippen LogP contribution in [-0.2, 0) is 0 Å². The molecule has 1 aromatic heterocycles. The molecule has 0 saturated carbocycles. The molecule has 1 rings (SSSR count). The average Bonchev–Trinajstić information content (AvgIpc) is 2.46. The zero-order valence-electron chi connectivity index (χ0n) is 8.85. The van der Waals surface area contributed by atoms with Gasteiger partial charge in [0.05, 0.1) is 8.66 Å². The number of Topliss-reactive ketones (excluding diaryl/α,β-unsaturated/α-hetero) is 1. The maximum absolute atomic E-state index is 11.8. The van der Waals surface area contributed by atoms with Gasteiger partial charge in [0, 0.05) is 10.9 Å². The van der Waals surface area contributed by atoms with Gasteiger partial charge >= 0.3 is 0 Å². The van der Waals surface area contributed by atoms with Gasteiger partial charge in [0.1, 0.15) is 0 Å². The molecule has 0 N–H and O–H groups in total. The van der Waals surface area contributed by atoms with Gasteiger partial charge < -0.3 is 0 Å². The summed E-state index contributed by atoms with van der Waals surface area (Å²) in [6.45, 7) is 4.37. The Hall–Kier alpha value is 0.330. The van der Waals surface area contributed by atoms with Gasteiger partial charge in [-0.1, -0.05) is 20.3 Å². The number of rotatable bonds is 5. The fourth-order valence-corrected chi connectivity index (χ4v) is 3.28. The van der Waals surface area contributed by atoms with Gasteiger partial charge in [0.15, 0.2) is 5.78 Å². The predicted octanol–water partition coefficient (Wildman–Crippen LogP) is 5.28. The maximum atomic E-state index is 11.8. The summed E-state index contributed by atoms with van der Waals surface area (Å²) in [5.41, 5.74) is 0. The summed E-state index contributed by atoms with van der Waals surface area (Å²) in [6.07, 6.45) is 2.78. The van der Waals surface area contributed by atoms with Crippen LogP contribution in [0.1, 0.15) is 42.8 Å². The van der Waals surface area contributed by atoms with Crippen molar-refractivity contribution >= 4 is 49.0 Å². The summed E-state index contributed by atoms with van der Waals surface area (Å²) in [6, 6.07) is 1.90. The van der Waals surface area contributed by atoms with Crippen molar-refractivity contribution in [3.8, 4) is 0 Å². The molecule has 0 aliphatic rings. The molecule has 1 heterocycles. The summed E-state index contributed by atoms with van der Waals surface area (Å²) in [5, 5.41) is 0. The van der Waals surface area contributed by atoms with E-state index in [9.17, 15) is 4.79 Å². The third-order valence-corrected chi connectivity index (χ3v) is 5.40. The summed E-state index contributed by atoms with van der Waals surface area (Å²) in [7, 11) is 0. The standard InChI is InChI=1S/C11H14Br2OS/c1-7(2)4-3-5-9(14)10-6-8(12)11(13)15-10/h6-7H,3-5H2,1-2H3. The van der Waals surface area contributed by atoms with E-state index >= 15 is 0 Å². The van der Waals surface area contributed by atoms with Crippen molar-refractivity contribution in [2.75, 3.05) is 0 Å². The van der Waals surface area contributed by atoms with Crippen LogP contribution in [0.2, 0.25) is 0 Å². The van der Waals surface area contributed by atoms with Crippen molar-refractivity contribution in [2.45, 2.75) is 33.1 Å². The van der Waals surface area contributed by atoms with Gasteiger partial charge in [0.2, 0.25) is 0 Å². The smallest absolute Gasteiger partial charge is 0.172 e. The molecule has 0 atom stereocenters. The Labute approximate surface area is 112 Å². The highest BCUT2D eigenvalue weighted by molar-refractivity contribution is 9.13. The second-order valence-electron chi connectivity index (χ2n) is 3.94. The van der Waals surface area contributed by atoms with Crippen LogP contribution >= 0.6 is 43.2 Å². The molecule has 0 spiro atoms. The molecule has 0 bridgehead atoms. The van der Waals surface area contributed by atoms with Gasteiger partial charge in [-0.25, -0.2) is 0 Å². The summed E-state index contributed by atoms with van der Waals surface area (Å²) >= 11 is 8.28. The first-order chi connectivity index (χ1) is 7.00. The lowest BCUT2D eigenvalue weighted by Crippen LogP contribution is -1.97. The van der Waals surface area contributed by atoms with Gasteiger partial charge in [-0.2, -0.15) is 0 Å².